The zero-order chi connectivity index (χ0) is 33.7. The van der Waals surface area contributed by atoms with Crippen LogP contribution < -0.4 is 21.3 Å². The molecule has 0 aliphatic rings. The summed E-state index contributed by atoms with van der Waals surface area (Å²) in [6, 6.07) is 24.1. The maximum atomic E-state index is 15.1. The van der Waals surface area contributed by atoms with Gasteiger partial charge in [-0.1, -0.05) is 48.5 Å². The molecular formula is C35H32F6N6. The van der Waals surface area contributed by atoms with Crippen LogP contribution in [0.5, 0.6) is 0 Å². The van der Waals surface area contributed by atoms with Crippen LogP contribution in [0.1, 0.15) is 25.0 Å². The Morgan fingerprint density at radius 1 is 0.553 bits per heavy atom. The number of hydrogen-bond donors (Lipinski definition) is 4. The van der Waals surface area contributed by atoms with Gasteiger partial charge in [0.1, 0.15) is 11.6 Å². The molecule has 0 saturated carbocycles. The number of benzene rings is 4. The van der Waals surface area contributed by atoms with Crippen molar-refractivity contribution in [2.45, 2.75) is 31.6 Å². The van der Waals surface area contributed by atoms with Crippen molar-refractivity contribution < 1.29 is 26.3 Å². The van der Waals surface area contributed by atoms with E-state index in [1.807, 2.05) is 60.7 Å². The van der Waals surface area contributed by atoms with Gasteiger partial charge in [-0.3, -0.25) is 0 Å². The van der Waals surface area contributed by atoms with E-state index < -0.39 is 28.9 Å². The third-order valence-corrected chi connectivity index (χ3v) is 8.60. The van der Waals surface area contributed by atoms with E-state index in [2.05, 4.69) is 9.97 Å². The Balaban J connectivity index is 1.46. The van der Waals surface area contributed by atoms with Crippen LogP contribution in [0.4, 0.5) is 60.7 Å². The van der Waals surface area contributed by atoms with Gasteiger partial charge in [0.05, 0.1) is 22.7 Å². The molecule has 0 bridgehead atoms. The number of aromatic amines is 2. The van der Waals surface area contributed by atoms with Crippen LogP contribution in [0, 0.1) is 0 Å². The van der Waals surface area contributed by atoms with Crippen molar-refractivity contribution in [1.82, 2.24) is 9.97 Å². The first-order chi connectivity index (χ1) is 22.3. The quantitative estimate of drug-likeness (QED) is 0.0976. The number of para-hydroxylation sites is 2. The minimum atomic E-state index is -5.81. The van der Waals surface area contributed by atoms with Crippen molar-refractivity contribution in [2.75, 3.05) is 34.4 Å². The third kappa shape index (κ3) is 5.17. The molecule has 244 valence electrons. The van der Waals surface area contributed by atoms with Crippen molar-refractivity contribution in [3.8, 4) is 0 Å². The van der Waals surface area contributed by atoms with Crippen LogP contribution in [0.3, 0.4) is 0 Å². The average molecular weight is 651 g/mol. The summed E-state index contributed by atoms with van der Waals surface area (Å²) >= 11 is 0. The van der Waals surface area contributed by atoms with Crippen LogP contribution in [0.15, 0.2) is 97.1 Å². The van der Waals surface area contributed by atoms with Gasteiger partial charge < -0.3 is 31.2 Å². The Kier molecular flexibility index (Phi) is 7.77. The molecule has 12 heteroatoms. The van der Waals surface area contributed by atoms with E-state index in [1.165, 1.54) is 12.1 Å². The van der Waals surface area contributed by atoms with E-state index in [0.29, 0.717) is 24.7 Å². The van der Waals surface area contributed by atoms with E-state index >= 15 is 26.3 Å². The molecule has 2 heterocycles. The zero-order valence-corrected chi connectivity index (χ0v) is 25.5. The highest BCUT2D eigenvalue weighted by Crippen LogP contribution is 2.57. The first-order valence-electron chi connectivity index (χ1n) is 14.9. The summed E-state index contributed by atoms with van der Waals surface area (Å²) < 4.78 is 90.5. The van der Waals surface area contributed by atoms with Crippen molar-refractivity contribution in [1.29, 1.82) is 0 Å². The largest absolute Gasteiger partial charge is 0.411 e. The van der Waals surface area contributed by atoms with Gasteiger partial charge in [0.2, 0.25) is 5.41 Å². The number of nitrogens with two attached hydrogens (primary N) is 2. The fourth-order valence-electron chi connectivity index (χ4n) is 6.40. The smallest absolute Gasteiger partial charge is 0.397 e. The van der Waals surface area contributed by atoms with Gasteiger partial charge >= 0.3 is 12.4 Å². The Morgan fingerprint density at radius 2 is 0.936 bits per heavy atom. The number of halogens is 6. The number of rotatable bonds is 8. The number of anilines is 6. The molecule has 0 unspecified atom stereocenters. The maximum Gasteiger partial charge on any atom is 0.411 e. The number of fused-ring (bicyclic) bond motifs is 2. The minimum absolute atomic E-state index is 0.249. The van der Waals surface area contributed by atoms with Gasteiger partial charge in [0.25, 0.3) is 0 Å². The number of H-pyrrole nitrogens is 2. The predicted molar refractivity (Wildman–Crippen MR) is 177 cm³/mol. The van der Waals surface area contributed by atoms with Crippen LogP contribution >= 0.6 is 0 Å². The monoisotopic (exact) mass is 650 g/mol. The fourth-order valence-corrected chi connectivity index (χ4v) is 6.40. The topological polar surface area (TPSA) is 90.1 Å². The van der Waals surface area contributed by atoms with Crippen LogP contribution in [0.25, 0.3) is 21.8 Å². The molecular weight excluding hydrogens is 618 g/mol. The molecule has 47 heavy (non-hydrogen) atoms. The van der Waals surface area contributed by atoms with E-state index in [4.69, 9.17) is 11.5 Å². The van der Waals surface area contributed by atoms with E-state index in [0.717, 1.165) is 46.1 Å². The molecule has 0 spiro atoms. The number of alkyl halides is 6. The highest BCUT2D eigenvalue weighted by atomic mass is 19.4. The normalized spacial score (nSPS) is 12.6. The van der Waals surface area contributed by atoms with Crippen molar-refractivity contribution in [2.24, 2.45) is 0 Å². The second kappa shape index (κ2) is 11.5. The average Bonchev–Trinajstić information content (AvgIpc) is 3.63. The van der Waals surface area contributed by atoms with Crippen molar-refractivity contribution >= 4 is 56.2 Å². The molecule has 0 fully saturated rings. The van der Waals surface area contributed by atoms with Crippen LogP contribution in [-0.4, -0.2) is 35.4 Å². The van der Waals surface area contributed by atoms with Crippen molar-refractivity contribution in [3.05, 3.63) is 108 Å². The van der Waals surface area contributed by atoms with Crippen molar-refractivity contribution in [3.63, 3.8) is 0 Å². The molecule has 0 radical (unpaired) electrons. The molecule has 0 aliphatic heterocycles. The number of nitrogen functional groups attached to an aromatic ring is 2. The van der Waals surface area contributed by atoms with Gasteiger partial charge in [0, 0.05) is 34.9 Å². The third-order valence-electron chi connectivity index (χ3n) is 8.60. The molecule has 6 nitrogen and oxygen atoms in total. The molecule has 6 rings (SSSR count). The lowest BCUT2D eigenvalue weighted by Gasteiger charge is -2.39. The predicted octanol–water partition coefficient (Wildman–Crippen LogP) is 9.54. The van der Waals surface area contributed by atoms with Crippen LogP contribution in [-0.2, 0) is 5.41 Å². The number of nitrogens with one attached hydrogen (secondary N) is 2. The number of aromatic nitrogens is 2. The summed E-state index contributed by atoms with van der Waals surface area (Å²) in [5.74, 6) is 1.18. The second-order valence-electron chi connectivity index (χ2n) is 11.3. The molecule has 0 aliphatic carbocycles. The second-order valence-corrected chi connectivity index (χ2v) is 11.3. The molecule has 0 atom stereocenters. The first kappa shape index (κ1) is 31.7. The Hall–Kier alpha value is -5.26. The maximum absolute atomic E-state index is 15.1. The highest BCUT2D eigenvalue weighted by Gasteiger charge is 2.72. The Labute approximate surface area is 266 Å². The molecule has 6 N–H and O–H groups in total. The minimum Gasteiger partial charge on any atom is -0.397 e. The molecule has 4 aromatic carbocycles. The fraction of sp³-hybridized carbons (Fsp3) is 0.200. The highest BCUT2D eigenvalue weighted by molar-refractivity contribution is 5.88. The summed E-state index contributed by atoms with van der Waals surface area (Å²) in [7, 11) is 0. The van der Waals surface area contributed by atoms with Gasteiger partial charge in [-0.15, -0.1) is 0 Å². The van der Waals surface area contributed by atoms with E-state index in [9.17, 15) is 0 Å². The van der Waals surface area contributed by atoms with E-state index in [1.54, 1.807) is 23.6 Å². The number of nitrogens with zero attached hydrogens (tertiary/aromatic N) is 2. The lowest BCUT2D eigenvalue weighted by atomic mass is 9.72. The molecule has 2 aromatic heterocycles. The number of hydrogen-bond acceptors (Lipinski definition) is 4. The lowest BCUT2D eigenvalue weighted by molar-refractivity contribution is -0.288. The van der Waals surface area contributed by atoms with Gasteiger partial charge in [-0.05, 0) is 73.5 Å². The molecule has 0 saturated heterocycles. The van der Waals surface area contributed by atoms with Gasteiger partial charge in [0.15, 0.2) is 0 Å². The Bertz CT molecular complexity index is 1840. The van der Waals surface area contributed by atoms with Gasteiger partial charge in [-0.25, -0.2) is 0 Å². The standard InChI is InChI=1S/C35H32F6N6/c1-3-46(31-17-21-9-5-7-11-27(21)44-31)29-15-13-23(19-25(29)42)33(34(36,37)38,35(39,40)41)24-14-16-30(26(43)20-24)47(4-2)32-18-22-10-6-8-12-28(22)45-32/h5-20,44-45H,3-4,42-43H2,1-2H3. The molecule has 0 amide bonds. The van der Waals surface area contributed by atoms with Crippen LogP contribution in [0.2, 0.25) is 0 Å². The molecule has 6 aromatic rings. The first-order valence-corrected chi connectivity index (χ1v) is 14.9. The van der Waals surface area contributed by atoms with E-state index in [-0.39, 0.29) is 22.7 Å². The summed E-state index contributed by atoms with van der Waals surface area (Å²) in [6.45, 7) is 4.27. The van der Waals surface area contributed by atoms with Gasteiger partial charge in [-0.2, -0.15) is 26.3 Å². The lowest BCUT2D eigenvalue weighted by Crippen LogP contribution is -2.54. The summed E-state index contributed by atoms with van der Waals surface area (Å²) in [4.78, 5) is 9.84. The summed E-state index contributed by atoms with van der Waals surface area (Å²) in [5, 5.41) is 1.77. The summed E-state index contributed by atoms with van der Waals surface area (Å²) in [6.07, 6.45) is -11.6. The summed E-state index contributed by atoms with van der Waals surface area (Å²) in [5.41, 5.74) is 7.64. The zero-order valence-electron chi connectivity index (χ0n) is 25.5. The SMILES string of the molecule is CCN(c1cc2ccccc2[nH]1)c1ccc(C(c2ccc(N(CC)c3cc4ccccc4[nH]3)c(N)c2)(C(F)(F)F)C(F)(F)F)cc1N. The Morgan fingerprint density at radius 3 is 1.26 bits per heavy atom.